The van der Waals surface area contributed by atoms with Gasteiger partial charge in [-0.15, -0.1) is 10.2 Å². The van der Waals surface area contributed by atoms with Crippen LogP contribution in [0.3, 0.4) is 0 Å². The summed E-state index contributed by atoms with van der Waals surface area (Å²) in [5.41, 5.74) is 0.748. The summed E-state index contributed by atoms with van der Waals surface area (Å²) in [6.07, 6.45) is 3.65. The van der Waals surface area contributed by atoms with Gasteiger partial charge < -0.3 is 4.57 Å². The molecule has 0 saturated heterocycles. The Labute approximate surface area is 76.2 Å². The van der Waals surface area contributed by atoms with Crippen LogP contribution in [0.15, 0.2) is 12.5 Å². The second-order valence-electron chi connectivity index (χ2n) is 3.95. The van der Waals surface area contributed by atoms with Gasteiger partial charge in [0.05, 0.1) is 6.33 Å². The van der Waals surface area contributed by atoms with Crippen LogP contribution in [0.25, 0.3) is 11.5 Å². The third-order valence-electron chi connectivity index (χ3n) is 1.86. The van der Waals surface area contributed by atoms with Crippen molar-refractivity contribution in [3.05, 3.63) is 12.5 Å². The highest BCUT2D eigenvalue weighted by atomic mass is 15.4. The Kier molecular flexibility index (Phi) is 1.55. The standard InChI is InChI=1S/C8H11N5/c1-8(2,3)13-4-6-7(9-5-13)11-12-10-6/h4-5H,1-3H3. The molecule has 0 bridgehead atoms. The Morgan fingerprint density at radius 1 is 1.23 bits per heavy atom. The zero-order chi connectivity index (χ0) is 9.47. The van der Waals surface area contributed by atoms with Gasteiger partial charge in [0.2, 0.25) is 5.82 Å². The molecular formula is C8H11N5. The topological polar surface area (TPSA) is 56.5 Å². The van der Waals surface area contributed by atoms with E-state index in [1.807, 2.05) is 10.8 Å². The van der Waals surface area contributed by atoms with Gasteiger partial charge in [-0.3, -0.25) is 0 Å². The molecule has 0 aromatic rings. The first-order chi connectivity index (χ1) is 6.07. The molecule has 0 radical (unpaired) electrons. The molecule has 2 aliphatic heterocycles. The molecule has 0 saturated carbocycles. The van der Waals surface area contributed by atoms with Crippen molar-refractivity contribution in [1.82, 2.24) is 25.0 Å². The number of aromatic nitrogens is 5. The van der Waals surface area contributed by atoms with Crippen LogP contribution < -0.4 is 0 Å². The number of fused-ring (bicyclic) bond motifs is 1. The number of rotatable bonds is 0. The van der Waals surface area contributed by atoms with Crippen molar-refractivity contribution >= 4 is 0 Å². The van der Waals surface area contributed by atoms with Crippen molar-refractivity contribution in [2.45, 2.75) is 26.3 Å². The fourth-order valence-electron chi connectivity index (χ4n) is 1.03. The van der Waals surface area contributed by atoms with Crippen molar-refractivity contribution in [2.24, 2.45) is 0 Å². The molecule has 2 aliphatic rings. The van der Waals surface area contributed by atoms with E-state index in [9.17, 15) is 0 Å². The molecule has 0 aromatic carbocycles. The Bertz CT molecular complexity index is 386. The van der Waals surface area contributed by atoms with Gasteiger partial charge in [-0.1, -0.05) is 0 Å². The summed E-state index contributed by atoms with van der Waals surface area (Å²) in [4.78, 5) is 4.13. The summed E-state index contributed by atoms with van der Waals surface area (Å²) in [7, 11) is 0. The lowest BCUT2D eigenvalue weighted by Crippen LogP contribution is -2.22. The van der Waals surface area contributed by atoms with Crippen molar-refractivity contribution in [1.29, 1.82) is 0 Å². The lowest BCUT2D eigenvalue weighted by Gasteiger charge is -2.22. The summed E-state index contributed by atoms with van der Waals surface area (Å²) in [6, 6.07) is 0. The molecule has 0 fully saturated rings. The first-order valence-electron chi connectivity index (χ1n) is 4.11. The highest BCUT2D eigenvalue weighted by Crippen LogP contribution is 2.17. The summed E-state index contributed by atoms with van der Waals surface area (Å²) in [5.74, 6) is 0.598. The molecule has 2 rings (SSSR count). The quantitative estimate of drug-likeness (QED) is 0.600. The molecule has 0 aromatic heterocycles. The zero-order valence-corrected chi connectivity index (χ0v) is 7.89. The third-order valence-corrected chi connectivity index (χ3v) is 1.86. The van der Waals surface area contributed by atoms with Crippen molar-refractivity contribution in [3.63, 3.8) is 0 Å². The van der Waals surface area contributed by atoms with E-state index in [1.54, 1.807) is 6.33 Å². The normalized spacial score (nSPS) is 12.2. The van der Waals surface area contributed by atoms with E-state index in [-0.39, 0.29) is 5.54 Å². The molecule has 0 unspecified atom stereocenters. The van der Waals surface area contributed by atoms with E-state index >= 15 is 0 Å². The van der Waals surface area contributed by atoms with Gasteiger partial charge in [0, 0.05) is 11.7 Å². The summed E-state index contributed by atoms with van der Waals surface area (Å²) in [6.45, 7) is 6.30. The number of hydrogen-bond acceptors (Lipinski definition) is 4. The van der Waals surface area contributed by atoms with E-state index < -0.39 is 0 Å². The van der Waals surface area contributed by atoms with Gasteiger partial charge >= 0.3 is 0 Å². The van der Waals surface area contributed by atoms with Crippen LogP contribution in [0.4, 0.5) is 0 Å². The van der Waals surface area contributed by atoms with Crippen LogP contribution in [0.1, 0.15) is 20.8 Å². The summed E-state index contributed by atoms with van der Waals surface area (Å²) in [5, 5.41) is 11.2. The highest BCUT2D eigenvalue weighted by Gasteiger charge is 2.15. The SMILES string of the molecule is CC(C)(C)n1cnc2nnnc-2c1. The number of nitrogens with zero attached hydrogens (tertiary/aromatic N) is 5. The lowest BCUT2D eigenvalue weighted by molar-refractivity contribution is 0.389. The molecule has 0 spiro atoms. The smallest absolute Gasteiger partial charge is 0.207 e. The first-order valence-corrected chi connectivity index (χ1v) is 4.11. The van der Waals surface area contributed by atoms with Crippen molar-refractivity contribution in [2.75, 3.05) is 0 Å². The minimum Gasteiger partial charge on any atom is -0.331 e. The Hall–Kier alpha value is -1.52. The molecule has 0 amide bonds. The van der Waals surface area contributed by atoms with Crippen LogP contribution in [0.5, 0.6) is 0 Å². The van der Waals surface area contributed by atoms with E-state index in [2.05, 4.69) is 41.2 Å². The molecule has 5 nitrogen and oxygen atoms in total. The van der Waals surface area contributed by atoms with Crippen LogP contribution in [0, 0.1) is 0 Å². The van der Waals surface area contributed by atoms with Crippen LogP contribution in [-0.2, 0) is 5.54 Å². The van der Waals surface area contributed by atoms with Gasteiger partial charge in [-0.05, 0) is 26.0 Å². The largest absolute Gasteiger partial charge is 0.331 e. The van der Waals surface area contributed by atoms with E-state index in [0.29, 0.717) is 5.82 Å². The van der Waals surface area contributed by atoms with Crippen LogP contribution in [-0.4, -0.2) is 25.0 Å². The molecular weight excluding hydrogens is 166 g/mol. The summed E-state index contributed by atoms with van der Waals surface area (Å²) >= 11 is 0. The first kappa shape index (κ1) is 8.10. The average molecular weight is 177 g/mol. The predicted octanol–water partition coefficient (Wildman–Crippen LogP) is 0.928. The Morgan fingerprint density at radius 3 is 2.69 bits per heavy atom. The second kappa shape index (κ2) is 2.48. The Balaban J connectivity index is 2.56. The molecule has 0 N–H and O–H groups in total. The molecule has 13 heavy (non-hydrogen) atoms. The van der Waals surface area contributed by atoms with Crippen LogP contribution in [0.2, 0.25) is 0 Å². The lowest BCUT2D eigenvalue weighted by atomic mass is 10.1. The maximum absolute atomic E-state index is 4.13. The highest BCUT2D eigenvalue weighted by molar-refractivity contribution is 5.46. The maximum Gasteiger partial charge on any atom is 0.207 e. The van der Waals surface area contributed by atoms with Gasteiger partial charge in [0.15, 0.2) is 5.69 Å². The van der Waals surface area contributed by atoms with Crippen molar-refractivity contribution in [3.8, 4) is 11.5 Å². The molecule has 5 heteroatoms. The Morgan fingerprint density at radius 2 is 2.00 bits per heavy atom. The van der Waals surface area contributed by atoms with E-state index in [4.69, 9.17) is 0 Å². The summed E-state index contributed by atoms with van der Waals surface area (Å²) < 4.78 is 1.99. The molecule has 68 valence electrons. The molecule has 2 heterocycles. The minimum atomic E-state index is 0.0140. The second-order valence-corrected chi connectivity index (χ2v) is 3.95. The molecule has 0 atom stereocenters. The molecule has 0 aliphatic carbocycles. The predicted molar refractivity (Wildman–Crippen MR) is 47.2 cm³/mol. The van der Waals surface area contributed by atoms with Crippen LogP contribution >= 0.6 is 0 Å². The average Bonchev–Trinajstić information content (AvgIpc) is 2.47. The monoisotopic (exact) mass is 177 g/mol. The van der Waals surface area contributed by atoms with Gasteiger partial charge in [-0.25, -0.2) is 4.98 Å². The van der Waals surface area contributed by atoms with Crippen molar-refractivity contribution < 1.29 is 0 Å². The van der Waals surface area contributed by atoms with E-state index in [1.165, 1.54) is 0 Å². The van der Waals surface area contributed by atoms with Gasteiger partial charge in [0.1, 0.15) is 0 Å². The van der Waals surface area contributed by atoms with Gasteiger partial charge in [0.25, 0.3) is 0 Å². The third kappa shape index (κ3) is 1.37. The van der Waals surface area contributed by atoms with E-state index in [0.717, 1.165) is 5.69 Å². The zero-order valence-electron chi connectivity index (χ0n) is 7.89. The fourth-order valence-corrected chi connectivity index (χ4v) is 1.03. The minimum absolute atomic E-state index is 0.0140. The fraction of sp³-hybridized carbons (Fsp3) is 0.500. The number of hydrogen-bond donors (Lipinski definition) is 0. The maximum atomic E-state index is 4.13. The van der Waals surface area contributed by atoms with Gasteiger partial charge in [-0.2, -0.15) is 0 Å².